The highest BCUT2D eigenvalue weighted by molar-refractivity contribution is 9.10. The third-order valence-corrected chi connectivity index (χ3v) is 5.86. The van der Waals surface area contributed by atoms with E-state index in [-0.39, 0.29) is 17.3 Å². The third kappa shape index (κ3) is 3.96. The van der Waals surface area contributed by atoms with Crippen molar-refractivity contribution in [2.24, 2.45) is 5.92 Å². The molecule has 1 aromatic carbocycles. The first kappa shape index (κ1) is 17.9. The average Bonchev–Trinajstić information content (AvgIpc) is 2.41. The van der Waals surface area contributed by atoms with E-state index in [2.05, 4.69) is 21.2 Å². The quantitative estimate of drug-likeness (QED) is 0.757. The number of nitrogens with zero attached hydrogens (tertiary/aromatic N) is 1. The first-order valence-electron chi connectivity index (χ1n) is 6.34. The van der Waals surface area contributed by atoms with Crippen LogP contribution in [0.15, 0.2) is 21.5 Å². The number of nitrogens with two attached hydrogens (primary N) is 1. The van der Waals surface area contributed by atoms with Crippen molar-refractivity contribution < 1.29 is 13.2 Å². The maximum atomic E-state index is 12.6. The lowest BCUT2D eigenvalue weighted by atomic mass is 10.2. The summed E-state index contributed by atoms with van der Waals surface area (Å²) in [5.74, 6) is -0.646. The van der Waals surface area contributed by atoms with E-state index in [1.807, 2.05) is 0 Å². The molecule has 0 saturated carbocycles. The number of hydrogen-bond donors (Lipinski definition) is 2. The molecule has 0 aliphatic carbocycles. The molecule has 6 nitrogen and oxygen atoms in total. The van der Waals surface area contributed by atoms with Crippen molar-refractivity contribution in [3.8, 4) is 0 Å². The second kappa shape index (κ2) is 6.76. The second-order valence-electron chi connectivity index (χ2n) is 4.94. The van der Waals surface area contributed by atoms with Crippen LogP contribution in [0.3, 0.4) is 0 Å². The van der Waals surface area contributed by atoms with E-state index in [0.29, 0.717) is 15.7 Å². The molecule has 0 aromatic heterocycles. The molecule has 0 fully saturated rings. The number of nitrogens with one attached hydrogen (secondary N) is 1. The van der Waals surface area contributed by atoms with E-state index < -0.39 is 15.9 Å². The minimum Gasteiger partial charge on any atom is -0.398 e. The summed E-state index contributed by atoms with van der Waals surface area (Å²) in [6.07, 6.45) is 0. The van der Waals surface area contributed by atoms with Crippen LogP contribution in [0.5, 0.6) is 0 Å². The van der Waals surface area contributed by atoms with Gasteiger partial charge in [0.25, 0.3) is 0 Å². The van der Waals surface area contributed by atoms with Crippen molar-refractivity contribution in [2.45, 2.75) is 18.7 Å². The lowest BCUT2D eigenvalue weighted by molar-refractivity contribution is -0.124. The first-order chi connectivity index (χ1) is 9.61. The Labute approximate surface area is 133 Å². The summed E-state index contributed by atoms with van der Waals surface area (Å²) in [6, 6.07) is 3.09. The molecule has 0 bridgehead atoms. The Bertz CT molecular complexity index is 646. The van der Waals surface area contributed by atoms with Crippen LogP contribution in [-0.2, 0) is 14.8 Å². The smallest absolute Gasteiger partial charge is 0.243 e. The molecule has 1 aromatic rings. The number of aryl methyl sites for hydroxylation is 1. The van der Waals surface area contributed by atoms with Crippen molar-refractivity contribution in [1.29, 1.82) is 0 Å². The highest BCUT2D eigenvalue weighted by atomic mass is 79.9. The van der Waals surface area contributed by atoms with Crippen LogP contribution in [0.1, 0.15) is 12.5 Å². The van der Waals surface area contributed by atoms with Gasteiger partial charge >= 0.3 is 0 Å². The van der Waals surface area contributed by atoms with Crippen molar-refractivity contribution in [1.82, 2.24) is 9.62 Å². The van der Waals surface area contributed by atoms with Crippen LogP contribution in [0.2, 0.25) is 0 Å². The molecular weight excluding hydrogens is 358 g/mol. The number of halogens is 1. The largest absolute Gasteiger partial charge is 0.398 e. The molecule has 1 amide bonds. The molecule has 0 saturated heterocycles. The summed E-state index contributed by atoms with van der Waals surface area (Å²) in [7, 11) is -0.722. The van der Waals surface area contributed by atoms with Gasteiger partial charge in [-0.05, 0) is 40.5 Å². The van der Waals surface area contributed by atoms with Crippen molar-refractivity contribution in [2.75, 3.05) is 26.4 Å². The maximum absolute atomic E-state index is 12.6. The van der Waals surface area contributed by atoms with Gasteiger partial charge in [0.1, 0.15) is 0 Å². The van der Waals surface area contributed by atoms with Gasteiger partial charge in [0.2, 0.25) is 15.9 Å². The number of carbonyl (C=O) groups is 1. The fourth-order valence-electron chi connectivity index (χ4n) is 1.93. The van der Waals surface area contributed by atoms with Crippen LogP contribution in [0.25, 0.3) is 0 Å². The highest BCUT2D eigenvalue weighted by Crippen LogP contribution is 2.28. The summed E-state index contributed by atoms with van der Waals surface area (Å²) in [4.78, 5) is 11.7. The topological polar surface area (TPSA) is 92.5 Å². The molecule has 0 spiro atoms. The number of hydrogen-bond acceptors (Lipinski definition) is 4. The Morgan fingerprint density at radius 1 is 1.48 bits per heavy atom. The van der Waals surface area contributed by atoms with Crippen LogP contribution >= 0.6 is 15.9 Å². The number of nitrogen functional groups attached to an aromatic ring is 1. The summed E-state index contributed by atoms with van der Waals surface area (Å²) < 4.78 is 27.0. The van der Waals surface area contributed by atoms with E-state index >= 15 is 0 Å². The summed E-state index contributed by atoms with van der Waals surface area (Å²) >= 11 is 3.27. The molecule has 1 rings (SSSR count). The van der Waals surface area contributed by atoms with Gasteiger partial charge in [0, 0.05) is 36.7 Å². The van der Waals surface area contributed by atoms with Crippen molar-refractivity contribution in [3.05, 3.63) is 22.2 Å². The fourth-order valence-corrected chi connectivity index (χ4v) is 3.88. The summed E-state index contributed by atoms with van der Waals surface area (Å²) in [5, 5.41) is 2.50. The van der Waals surface area contributed by atoms with Crippen LogP contribution in [0, 0.1) is 12.8 Å². The summed E-state index contributed by atoms with van der Waals surface area (Å²) in [5.41, 5.74) is 6.71. The van der Waals surface area contributed by atoms with Crippen LogP contribution in [0.4, 0.5) is 5.69 Å². The van der Waals surface area contributed by atoms with E-state index in [4.69, 9.17) is 5.73 Å². The van der Waals surface area contributed by atoms with Crippen LogP contribution in [-0.4, -0.2) is 39.3 Å². The molecule has 0 radical (unpaired) electrons. The highest BCUT2D eigenvalue weighted by Gasteiger charge is 2.26. The second-order valence-corrected chi connectivity index (χ2v) is 7.81. The van der Waals surface area contributed by atoms with Gasteiger partial charge in [0.15, 0.2) is 0 Å². The number of amides is 1. The minimum absolute atomic E-state index is 0.0947. The SMILES string of the molecule is CNC(=O)C(C)CN(C)S(=O)(=O)c1cc(N)c(Br)cc1C. The van der Waals surface area contributed by atoms with Crippen molar-refractivity contribution >= 4 is 37.5 Å². The molecule has 0 aliphatic rings. The Balaban J connectivity index is 3.11. The number of carbonyl (C=O) groups excluding carboxylic acids is 1. The molecule has 8 heteroatoms. The maximum Gasteiger partial charge on any atom is 0.243 e. The zero-order valence-corrected chi connectivity index (χ0v) is 14.9. The van der Waals surface area contributed by atoms with Gasteiger partial charge in [-0.15, -0.1) is 0 Å². The zero-order valence-electron chi connectivity index (χ0n) is 12.5. The van der Waals surface area contributed by atoms with Gasteiger partial charge in [-0.1, -0.05) is 6.92 Å². The standard InChI is InChI=1S/C13H20BrN3O3S/c1-8-5-10(14)11(15)6-12(8)21(19,20)17(4)7-9(2)13(18)16-3/h5-6,9H,7,15H2,1-4H3,(H,16,18). The van der Waals surface area contributed by atoms with Gasteiger partial charge in [-0.2, -0.15) is 0 Å². The zero-order chi connectivity index (χ0) is 16.4. The fraction of sp³-hybridized carbons (Fsp3) is 0.462. The molecule has 3 N–H and O–H groups in total. The van der Waals surface area contributed by atoms with Gasteiger partial charge in [-0.3, -0.25) is 4.79 Å². The molecule has 118 valence electrons. The number of anilines is 1. The minimum atomic E-state index is -3.69. The third-order valence-electron chi connectivity index (χ3n) is 3.21. The molecule has 21 heavy (non-hydrogen) atoms. The molecule has 1 unspecified atom stereocenters. The Morgan fingerprint density at radius 3 is 2.57 bits per heavy atom. The number of rotatable bonds is 5. The predicted molar refractivity (Wildman–Crippen MR) is 86.3 cm³/mol. The first-order valence-corrected chi connectivity index (χ1v) is 8.58. The average molecular weight is 378 g/mol. The van der Waals surface area contributed by atoms with Crippen LogP contribution < -0.4 is 11.1 Å². The Hall–Kier alpha value is -1.12. The Morgan fingerprint density at radius 2 is 2.05 bits per heavy atom. The summed E-state index contributed by atoms with van der Waals surface area (Å²) in [6.45, 7) is 3.47. The van der Waals surface area contributed by atoms with Gasteiger partial charge in [-0.25, -0.2) is 12.7 Å². The van der Waals surface area contributed by atoms with E-state index in [0.717, 1.165) is 0 Å². The van der Waals surface area contributed by atoms with Gasteiger partial charge in [0.05, 0.1) is 4.90 Å². The monoisotopic (exact) mass is 377 g/mol. The normalized spacial score (nSPS) is 13.2. The van der Waals surface area contributed by atoms with E-state index in [1.165, 1.54) is 24.5 Å². The van der Waals surface area contributed by atoms with E-state index in [1.54, 1.807) is 19.9 Å². The molecular formula is C13H20BrN3O3S. The van der Waals surface area contributed by atoms with E-state index in [9.17, 15) is 13.2 Å². The predicted octanol–water partition coefficient (Wildman–Crippen LogP) is 1.34. The Kier molecular flexibility index (Phi) is 5.77. The molecule has 0 heterocycles. The lowest BCUT2D eigenvalue weighted by Crippen LogP contribution is -2.37. The molecule has 1 atom stereocenters. The number of benzene rings is 1. The number of sulfonamides is 1. The van der Waals surface area contributed by atoms with Crippen molar-refractivity contribution in [3.63, 3.8) is 0 Å². The molecule has 0 aliphatic heterocycles. The lowest BCUT2D eigenvalue weighted by Gasteiger charge is -2.21. The van der Waals surface area contributed by atoms with Gasteiger partial charge < -0.3 is 11.1 Å².